The molecule has 0 fully saturated rings. The molecule has 3 aromatic rings. The lowest BCUT2D eigenvalue weighted by Crippen LogP contribution is -2.28. The Balaban J connectivity index is 1.69. The third-order valence-corrected chi connectivity index (χ3v) is 6.38. The minimum absolute atomic E-state index is 0.314. The molecule has 0 saturated carbocycles. The van der Waals surface area contributed by atoms with Gasteiger partial charge in [0, 0.05) is 35.5 Å². The van der Waals surface area contributed by atoms with E-state index in [0.29, 0.717) is 36.3 Å². The molecule has 0 radical (unpaired) electrons. The molecule has 4 rings (SSSR count). The van der Waals surface area contributed by atoms with E-state index in [4.69, 9.17) is 14.5 Å². The number of nitrogens with zero attached hydrogens (tertiary/aromatic N) is 2. The Labute approximate surface area is 196 Å². The summed E-state index contributed by atoms with van der Waals surface area (Å²) in [6.07, 6.45) is 3.49. The molecule has 0 aliphatic heterocycles. The first-order chi connectivity index (χ1) is 16.0. The molecule has 1 aromatic heterocycles. The number of pyridine rings is 1. The zero-order valence-electron chi connectivity index (χ0n) is 20.0. The molecular weight excluding hydrogens is 415 g/mol. The quantitative estimate of drug-likeness (QED) is 0.394. The maximum Gasteiger partial charge on any atom is 0.128 e. The van der Waals surface area contributed by atoms with E-state index in [-0.39, 0.29) is 5.82 Å². The largest absolute Gasteiger partial charge is 0.493 e. The van der Waals surface area contributed by atoms with Crippen molar-refractivity contribution in [2.75, 3.05) is 20.3 Å². The highest BCUT2D eigenvalue weighted by molar-refractivity contribution is 5.69. The van der Waals surface area contributed by atoms with E-state index in [9.17, 15) is 4.39 Å². The first kappa shape index (κ1) is 23.2. The van der Waals surface area contributed by atoms with Gasteiger partial charge >= 0.3 is 0 Å². The van der Waals surface area contributed by atoms with E-state index in [2.05, 4.69) is 36.2 Å². The zero-order chi connectivity index (χ0) is 23.4. The van der Waals surface area contributed by atoms with Crippen LogP contribution in [0, 0.1) is 12.7 Å². The number of fused-ring (bicyclic) bond motifs is 1. The highest BCUT2D eigenvalue weighted by atomic mass is 19.1. The highest BCUT2D eigenvalue weighted by Gasteiger charge is 2.25. The molecular formula is C28H33FN2O2. The summed E-state index contributed by atoms with van der Waals surface area (Å²) in [6.45, 7) is 7.68. The Morgan fingerprint density at radius 2 is 1.79 bits per heavy atom. The Morgan fingerprint density at radius 3 is 2.58 bits per heavy atom. The molecule has 0 bridgehead atoms. The van der Waals surface area contributed by atoms with Gasteiger partial charge < -0.3 is 9.47 Å². The summed E-state index contributed by atoms with van der Waals surface area (Å²) in [5.41, 5.74) is 6.13. The molecule has 0 saturated heterocycles. The molecule has 0 amide bonds. The van der Waals surface area contributed by atoms with Crippen LogP contribution in [0.5, 0.6) is 11.5 Å². The fraction of sp³-hybridized carbons (Fsp3) is 0.393. The summed E-state index contributed by atoms with van der Waals surface area (Å²) >= 11 is 0. The van der Waals surface area contributed by atoms with Crippen molar-refractivity contribution in [3.05, 3.63) is 76.7 Å². The van der Waals surface area contributed by atoms with Gasteiger partial charge in [-0.2, -0.15) is 0 Å². The number of benzene rings is 2. The van der Waals surface area contributed by atoms with Gasteiger partial charge in [0.15, 0.2) is 0 Å². The molecule has 1 aliphatic carbocycles. The van der Waals surface area contributed by atoms with Gasteiger partial charge in [-0.25, -0.2) is 4.39 Å². The van der Waals surface area contributed by atoms with Gasteiger partial charge in [0.1, 0.15) is 17.3 Å². The number of ether oxygens (including phenoxy) is 2. The van der Waals surface area contributed by atoms with E-state index >= 15 is 0 Å². The normalized spacial score (nSPS) is 15.4. The number of halogens is 1. The standard InChI is InChI=1S/C28H33FN2O2/c1-5-32-27-15-14-21(29)16-23(27)25-17-28(33-6-2)24(19(3)30-25)18-31(4)26-13-9-11-20-10-7-8-12-22(20)26/h7-8,10,12,14-17,26H,5-6,9,11,13,18H2,1-4H3. The SMILES string of the molecule is CCOc1ccc(F)cc1-c1cc(OCC)c(CN(C)C2CCCc3ccccc32)c(C)n1. The fourth-order valence-corrected chi connectivity index (χ4v) is 4.81. The van der Waals surface area contributed by atoms with Crippen LogP contribution in [-0.4, -0.2) is 30.1 Å². The second-order valence-corrected chi connectivity index (χ2v) is 8.60. The van der Waals surface area contributed by atoms with Crippen molar-refractivity contribution < 1.29 is 13.9 Å². The summed E-state index contributed by atoms with van der Waals surface area (Å²) in [4.78, 5) is 7.26. The lowest BCUT2D eigenvalue weighted by Gasteiger charge is -2.34. The molecule has 174 valence electrons. The summed E-state index contributed by atoms with van der Waals surface area (Å²) in [7, 11) is 2.18. The second-order valence-electron chi connectivity index (χ2n) is 8.60. The van der Waals surface area contributed by atoms with Crippen LogP contribution in [0.2, 0.25) is 0 Å². The van der Waals surface area contributed by atoms with Crippen molar-refractivity contribution in [1.29, 1.82) is 0 Å². The predicted octanol–water partition coefficient (Wildman–Crippen LogP) is 6.50. The first-order valence-electron chi connectivity index (χ1n) is 11.9. The molecule has 0 N–H and O–H groups in total. The third-order valence-electron chi connectivity index (χ3n) is 6.38. The van der Waals surface area contributed by atoms with Crippen molar-refractivity contribution in [2.24, 2.45) is 0 Å². The molecule has 1 atom stereocenters. The number of rotatable bonds is 8. The monoisotopic (exact) mass is 448 g/mol. The van der Waals surface area contributed by atoms with Crippen LogP contribution >= 0.6 is 0 Å². The maximum atomic E-state index is 14.1. The van der Waals surface area contributed by atoms with Crippen LogP contribution in [0.25, 0.3) is 11.3 Å². The Kier molecular flexibility index (Phi) is 7.29. The molecule has 0 spiro atoms. The summed E-state index contributed by atoms with van der Waals surface area (Å²) < 4.78 is 25.9. The fourth-order valence-electron chi connectivity index (χ4n) is 4.81. The highest BCUT2D eigenvalue weighted by Crippen LogP contribution is 2.37. The average molecular weight is 449 g/mol. The predicted molar refractivity (Wildman–Crippen MR) is 130 cm³/mol. The van der Waals surface area contributed by atoms with Gasteiger partial charge in [0.25, 0.3) is 0 Å². The van der Waals surface area contributed by atoms with Crippen molar-refractivity contribution in [3.8, 4) is 22.8 Å². The van der Waals surface area contributed by atoms with Crippen molar-refractivity contribution in [2.45, 2.75) is 52.6 Å². The van der Waals surface area contributed by atoms with E-state index in [1.807, 2.05) is 26.8 Å². The van der Waals surface area contributed by atoms with Crippen LogP contribution in [0.4, 0.5) is 4.39 Å². The van der Waals surface area contributed by atoms with Gasteiger partial charge in [0.05, 0.1) is 18.9 Å². The zero-order valence-corrected chi connectivity index (χ0v) is 20.0. The van der Waals surface area contributed by atoms with Crippen LogP contribution in [-0.2, 0) is 13.0 Å². The topological polar surface area (TPSA) is 34.6 Å². The lowest BCUT2D eigenvalue weighted by molar-refractivity contribution is 0.208. The maximum absolute atomic E-state index is 14.1. The Hall–Kier alpha value is -2.92. The minimum atomic E-state index is -0.314. The summed E-state index contributed by atoms with van der Waals surface area (Å²) in [5, 5.41) is 0. The smallest absolute Gasteiger partial charge is 0.128 e. The summed E-state index contributed by atoms with van der Waals surface area (Å²) in [6, 6.07) is 15.6. The number of hydrogen-bond donors (Lipinski definition) is 0. The van der Waals surface area contributed by atoms with Gasteiger partial charge in [0.2, 0.25) is 0 Å². The average Bonchev–Trinajstić information content (AvgIpc) is 2.82. The number of hydrogen-bond acceptors (Lipinski definition) is 4. The lowest BCUT2D eigenvalue weighted by atomic mass is 9.87. The van der Waals surface area contributed by atoms with Crippen LogP contribution in [0.3, 0.4) is 0 Å². The molecule has 2 aromatic carbocycles. The van der Waals surface area contributed by atoms with Crippen LogP contribution < -0.4 is 9.47 Å². The van der Waals surface area contributed by atoms with Gasteiger partial charge in [-0.3, -0.25) is 9.88 Å². The molecule has 1 unspecified atom stereocenters. The Bertz CT molecular complexity index is 1120. The second kappa shape index (κ2) is 10.3. The molecule has 5 heteroatoms. The number of aromatic nitrogens is 1. The van der Waals surface area contributed by atoms with Crippen molar-refractivity contribution >= 4 is 0 Å². The first-order valence-corrected chi connectivity index (χ1v) is 11.9. The van der Waals surface area contributed by atoms with E-state index in [1.165, 1.54) is 29.7 Å². The van der Waals surface area contributed by atoms with Gasteiger partial charge in [-0.05, 0) is 76.4 Å². The van der Waals surface area contributed by atoms with Crippen LogP contribution in [0.15, 0.2) is 48.5 Å². The minimum Gasteiger partial charge on any atom is -0.493 e. The van der Waals surface area contributed by atoms with E-state index < -0.39 is 0 Å². The molecule has 1 aliphatic rings. The van der Waals surface area contributed by atoms with Gasteiger partial charge in [-0.1, -0.05) is 24.3 Å². The van der Waals surface area contributed by atoms with E-state index in [1.54, 1.807) is 6.07 Å². The van der Waals surface area contributed by atoms with Crippen molar-refractivity contribution in [1.82, 2.24) is 9.88 Å². The molecule has 33 heavy (non-hydrogen) atoms. The molecule has 4 nitrogen and oxygen atoms in total. The number of aryl methyl sites for hydroxylation is 2. The Morgan fingerprint density at radius 1 is 1.03 bits per heavy atom. The van der Waals surface area contributed by atoms with Crippen LogP contribution in [0.1, 0.15) is 55.1 Å². The summed E-state index contributed by atoms with van der Waals surface area (Å²) in [5.74, 6) is 1.10. The van der Waals surface area contributed by atoms with E-state index in [0.717, 1.165) is 36.4 Å². The van der Waals surface area contributed by atoms with Gasteiger partial charge in [-0.15, -0.1) is 0 Å². The third kappa shape index (κ3) is 5.03. The molecule has 1 heterocycles. The van der Waals surface area contributed by atoms with Crippen molar-refractivity contribution in [3.63, 3.8) is 0 Å².